The molecule has 2 aromatic rings. The normalized spacial score (nSPS) is 10.3. The average Bonchev–Trinajstić information content (AvgIpc) is 2.78. The van der Waals surface area contributed by atoms with Crippen LogP contribution in [0.1, 0.15) is 17.3 Å². The zero-order chi connectivity index (χ0) is 13.1. The van der Waals surface area contributed by atoms with Gasteiger partial charge in [0.25, 0.3) is 0 Å². The average molecular weight is 310 g/mol. The Kier molecular flexibility index (Phi) is 3.66. The molecule has 0 fully saturated rings. The lowest BCUT2D eigenvalue weighted by molar-refractivity contribution is 0.0698. The molecule has 2 rings (SSSR count). The number of nitrogens with one attached hydrogen (secondary N) is 1. The second-order valence-electron chi connectivity index (χ2n) is 3.62. The highest BCUT2D eigenvalue weighted by molar-refractivity contribution is 9.10. The molecule has 1 heterocycles. The van der Waals surface area contributed by atoms with Gasteiger partial charge in [-0.25, -0.2) is 9.48 Å². The van der Waals surface area contributed by atoms with E-state index in [0.29, 0.717) is 16.7 Å². The monoisotopic (exact) mass is 309 g/mol. The maximum absolute atomic E-state index is 11.2. The van der Waals surface area contributed by atoms with Crippen LogP contribution in [0.25, 0.3) is 0 Å². The van der Waals surface area contributed by atoms with Crippen molar-refractivity contribution in [3.8, 4) is 0 Å². The van der Waals surface area contributed by atoms with Crippen molar-refractivity contribution in [3.05, 3.63) is 40.5 Å². The molecule has 0 unspecified atom stereocenters. The fourth-order valence-corrected chi connectivity index (χ4v) is 2.11. The van der Waals surface area contributed by atoms with E-state index >= 15 is 0 Å². The molecule has 18 heavy (non-hydrogen) atoms. The van der Waals surface area contributed by atoms with Gasteiger partial charge in [0.2, 0.25) is 0 Å². The van der Waals surface area contributed by atoms with Crippen LogP contribution in [0.3, 0.4) is 0 Å². The Hall–Kier alpha value is -1.82. The van der Waals surface area contributed by atoms with Crippen molar-refractivity contribution in [3.63, 3.8) is 0 Å². The fraction of sp³-hybridized carbons (Fsp3) is 0.167. The van der Waals surface area contributed by atoms with E-state index < -0.39 is 5.97 Å². The number of hydrogen-bond donors (Lipinski definition) is 2. The number of aryl methyl sites for hydroxylation is 1. The number of hydrogen-bond acceptors (Lipinski definition) is 3. The Bertz CT molecular complexity index is 580. The van der Waals surface area contributed by atoms with Crippen LogP contribution in [-0.2, 0) is 6.54 Å². The van der Waals surface area contributed by atoms with Crippen molar-refractivity contribution >= 4 is 33.4 Å². The number of rotatable bonds is 4. The number of carbonyl (C=O) groups is 1. The van der Waals surface area contributed by atoms with Gasteiger partial charge in [-0.05, 0) is 35.0 Å². The molecular formula is C12H12BrN3O2. The predicted octanol–water partition coefficient (Wildman–Crippen LogP) is 3.11. The Labute approximate surface area is 113 Å². The van der Waals surface area contributed by atoms with Crippen LogP contribution in [-0.4, -0.2) is 20.9 Å². The van der Waals surface area contributed by atoms with Crippen molar-refractivity contribution in [1.82, 2.24) is 9.78 Å². The predicted molar refractivity (Wildman–Crippen MR) is 72.3 cm³/mol. The Morgan fingerprint density at radius 1 is 1.50 bits per heavy atom. The minimum atomic E-state index is -0.971. The number of carboxylic acids is 1. The number of aromatic nitrogens is 2. The zero-order valence-electron chi connectivity index (χ0n) is 9.72. The number of para-hydroxylation sites is 1. The molecular weight excluding hydrogens is 298 g/mol. The van der Waals surface area contributed by atoms with Gasteiger partial charge in [-0.2, -0.15) is 5.10 Å². The number of nitrogens with zero attached hydrogens (tertiary/aromatic N) is 2. The summed E-state index contributed by atoms with van der Waals surface area (Å²) in [5.74, 6) is -0.215. The van der Waals surface area contributed by atoms with Crippen LogP contribution in [0, 0.1) is 0 Å². The lowest BCUT2D eigenvalue weighted by atomic mass is 10.2. The minimum Gasteiger partial charge on any atom is -0.478 e. The zero-order valence-corrected chi connectivity index (χ0v) is 11.3. The summed E-state index contributed by atoms with van der Waals surface area (Å²) in [4.78, 5) is 11.2. The molecule has 0 amide bonds. The van der Waals surface area contributed by atoms with Gasteiger partial charge in [-0.1, -0.05) is 6.07 Å². The third-order valence-electron chi connectivity index (χ3n) is 2.51. The van der Waals surface area contributed by atoms with E-state index in [1.54, 1.807) is 35.1 Å². The molecule has 1 aromatic carbocycles. The Morgan fingerprint density at radius 2 is 2.28 bits per heavy atom. The van der Waals surface area contributed by atoms with E-state index in [1.807, 2.05) is 6.92 Å². The molecule has 2 N–H and O–H groups in total. The van der Waals surface area contributed by atoms with Crippen molar-refractivity contribution in [2.75, 3.05) is 5.32 Å². The van der Waals surface area contributed by atoms with Crippen LogP contribution in [0.5, 0.6) is 0 Å². The lowest BCUT2D eigenvalue weighted by Crippen LogP contribution is -2.07. The molecule has 0 bridgehead atoms. The number of anilines is 2. The third-order valence-corrected chi connectivity index (χ3v) is 3.17. The summed E-state index contributed by atoms with van der Waals surface area (Å²) in [6.07, 6.45) is 1.67. The summed E-state index contributed by atoms with van der Waals surface area (Å²) >= 11 is 3.35. The van der Waals surface area contributed by atoms with Crippen molar-refractivity contribution < 1.29 is 9.90 Å². The highest BCUT2D eigenvalue weighted by atomic mass is 79.9. The second kappa shape index (κ2) is 5.22. The number of benzene rings is 1. The highest BCUT2D eigenvalue weighted by Gasteiger charge is 2.14. The third kappa shape index (κ3) is 2.38. The Morgan fingerprint density at radius 3 is 2.94 bits per heavy atom. The topological polar surface area (TPSA) is 67.2 Å². The standard InChI is InChI=1S/C12H12BrN3O2/c1-2-16-10(6-7-14-16)15-11-8(12(17)18)4-3-5-9(11)13/h3-7,15H,2H2,1H3,(H,17,18). The lowest BCUT2D eigenvalue weighted by Gasteiger charge is -2.12. The molecule has 0 saturated heterocycles. The summed E-state index contributed by atoms with van der Waals surface area (Å²) < 4.78 is 2.46. The second-order valence-corrected chi connectivity index (χ2v) is 4.48. The van der Waals surface area contributed by atoms with Gasteiger partial charge in [0.1, 0.15) is 5.82 Å². The molecule has 0 atom stereocenters. The van der Waals surface area contributed by atoms with Gasteiger partial charge < -0.3 is 10.4 Å². The Balaban J connectivity index is 2.42. The van der Waals surface area contributed by atoms with Gasteiger partial charge >= 0.3 is 5.97 Å². The molecule has 0 aliphatic heterocycles. The first kappa shape index (κ1) is 12.6. The SMILES string of the molecule is CCn1nccc1Nc1c(Br)cccc1C(=O)O. The molecule has 0 spiro atoms. The largest absolute Gasteiger partial charge is 0.478 e. The molecule has 94 valence electrons. The maximum atomic E-state index is 11.2. The smallest absolute Gasteiger partial charge is 0.337 e. The first-order valence-electron chi connectivity index (χ1n) is 5.44. The minimum absolute atomic E-state index is 0.216. The van der Waals surface area contributed by atoms with Gasteiger partial charge in [-0.15, -0.1) is 0 Å². The highest BCUT2D eigenvalue weighted by Crippen LogP contribution is 2.29. The maximum Gasteiger partial charge on any atom is 0.337 e. The molecule has 0 saturated carbocycles. The van der Waals surface area contributed by atoms with Crippen molar-refractivity contribution in [2.24, 2.45) is 0 Å². The molecule has 6 heteroatoms. The summed E-state index contributed by atoms with van der Waals surface area (Å²) in [5, 5.41) is 16.4. The summed E-state index contributed by atoms with van der Waals surface area (Å²) in [6.45, 7) is 2.68. The number of halogens is 1. The van der Waals surface area contributed by atoms with Gasteiger partial charge in [-0.3, -0.25) is 0 Å². The van der Waals surface area contributed by atoms with E-state index in [4.69, 9.17) is 5.11 Å². The van der Waals surface area contributed by atoms with Gasteiger partial charge in [0, 0.05) is 17.1 Å². The number of carboxylic acid groups (broad SMARTS) is 1. The summed E-state index contributed by atoms with van der Waals surface area (Å²) in [5.41, 5.74) is 0.744. The molecule has 0 aliphatic carbocycles. The van der Waals surface area contributed by atoms with Crippen LogP contribution in [0.4, 0.5) is 11.5 Å². The van der Waals surface area contributed by atoms with E-state index in [0.717, 1.165) is 5.82 Å². The van der Waals surface area contributed by atoms with Crippen molar-refractivity contribution in [1.29, 1.82) is 0 Å². The quantitative estimate of drug-likeness (QED) is 0.910. The molecule has 0 radical (unpaired) electrons. The van der Waals surface area contributed by atoms with Crippen LogP contribution in [0.2, 0.25) is 0 Å². The van der Waals surface area contributed by atoms with E-state index in [9.17, 15) is 4.79 Å². The van der Waals surface area contributed by atoms with Crippen LogP contribution < -0.4 is 5.32 Å². The summed E-state index contributed by atoms with van der Waals surface area (Å²) in [7, 11) is 0. The first-order chi connectivity index (χ1) is 8.63. The molecule has 0 aliphatic rings. The fourth-order valence-electron chi connectivity index (χ4n) is 1.65. The summed E-state index contributed by atoms with van der Waals surface area (Å²) in [6, 6.07) is 6.84. The van der Waals surface area contributed by atoms with Gasteiger partial charge in [0.05, 0.1) is 17.4 Å². The van der Waals surface area contributed by atoms with Crippen LogP contribution in [0.15, 0.2) is 34.9 Å². The van der Waals surface area contributed by atoms with Gasteiger partial charge in [0.15, 0.2) is 0 Å². The number of aromatic carboxylic acids is 1. The molecule has 5 nitrogen and oxygen atoms in total. The van der Waals surface area contributed by atoms with E-state index in [-0.39, 0.29) is 5.56 Å². The van der Waals surface area contributed by atoms with E-state index in [2.05, 4.69) is 26.3 Å². The molecule has 1 aromatic heterocycles. The van der Waals surface area contributed by atoms with E-state index in [1.165, 1.54) is 0 Å². The first-order valence-corrected chi connectivity index (χ1v) is 6.23. The van der Waals surface area contributed by atoms with Crippen LogP contribution >= 0.6 is 15.9 Å². The van der Waals surface area contributed by atoms with Crippen molar-refractivity contribution in [2.45, 2.75) is 13.5 Å².